The van der Waals surface area contributed by atoms with Gasteiger partial charge in [0.25, 0.3) is 0 Å². The normalized spacial score (nSPS) is 14.8. The van der Waals surface area contributed by atoms with Crippen LogP contribution in [0.25, 0.3) is 0 Å². The number of alkyl halides is 13. The lowest BCUT2D eigenvalue weighted by molar-refractivity contribution is -0.440. The first kappa shape index (κ1) is 36.6. The number of aromatic hydroxyl groups is 1. The molecule has 0 aromatic heterocycles. The molecule has 0 saturated carbocycles. The Kier molecular flexibility index (Phi) is 9.83. The fraction of sp³-hybridized carbons (Fsp3) is 0.720. The van der Waals surface area contributed by atoms with Crippen molar-refractivity contribution in [1.29, 1.82) is 0 Å². The number of aryl methyl sites for hydroxylation is 1. The average molecular weight is 624 g/mol. The summed E-state index contributed by atoms with van der Waals surface area (Å²) in [5, 5.41) is 10.7. The van der Waals surface area contributed by atoms with Gasteiger partial charge in [0.2, 0.25) is 0 Å². The summed E-state index contributed by atoms with van der Waals surface area (Å²) in [5.74, 6) is -38.8. The zero-order valence-corrected chi connectivity index (χ0v) is 22.7. The van der Waals surface area contributed by atoms with E-state index in [9.17, 15) is 67.0 Å². The topological polar surface area (TPSA) is 46.5 Å². The molecular formula is C25H29F13O3. The molecule has 41 heavy (non-hydrogen) atoms. The van der Waals surface area contributed by atoms with Gasteiger partial charge in [0, 0.05) is 6.42 Å². The highest BCUT2D eigenvalue weighted by Crippen LogP contribution is 2.60. The average Bonchev–Trinajstić information content (AvgIpc) is 2.75. The third-order valence-electron chi connectivity index (χ3n) is 6.08. The summed E-state index contributed by atoms with van der Waals surface area (Å²) in [7, 11) is 0. The number of rotatable bonds is 10. The van der Waals surface area contributed by atoms with Crippen molar-refractivity contribution in [1.82, 2.24) is 0 Å². The summed E-state index contributed by atoms with van der Waals surface area (Å²) in [6, 6.07) is 3.09. The van der Waals surface area contributed by atoms with Gasteiger partial charge in [0.1, 0.15) is 5.75 Å². The highest BCUT2D eigenvalue weighted by molar-refractivity contribution is 5.69. The molecule has 0 amide bonds. The number of phenols is 1. The van der Waals surface area contributed by atoms with Gasteiger partial charge in [0.15, 0.2) is 0 Å². The molecule has 0 spiro atoms. The molecule has 1 N–H and O–H groups in total. The standard InChI is InChI=1S/C25H29F13O3/c1-18(2,3)14-11-13(12-15(17(14)40)19(4,5)6)7-8-16(39)41-10-9-20(26,27)21(28,29)22(30,31)23(32,33)24(34,35)25(36,37)38/h11-12,40H,7-10H2,1-6H3. The minimum Gasteiger partial charge on any atom is -0.507 e. The number of hydrogen-bond acceptors (Lipinski definition) is 3. The van der Waals surface area contributed by atoms with E-state index in [1.165, 1.54) is 0 Å². The van der Waals surface area contributed by atoms with E-state index in [-0.39, 0.29) is 12.2 Å². The molecular weight excluding hydrogens is 595 g/mol. The molecule has 3 nitrogen and oxygen atoms in total. The minimum atomic E-state index is -7.98. The van der Waals surface area contributed by atoms with E-state index < -0.39 is 72.0 Å². The number of halogens is 13. The van der Waals surface area contributed by atoms with Crippen LogP contribution in [-0.2, 0) is 26.8 Å². The van der Waals surface area contributed by atoms with E-state index in [1.807, 2.05) is 0 Å². The van der Waals surface area contributed by atoms with E-state index in [0.29, 0.717) is 16.7 Å². The van der Waals surface area contributed by atoms with E-state index in [2.05, 4.69) is 4.74 Å². The summed E-state index contributed by atoms with van der Waals surface area (Å²) < 4.78 is 175. The molecule has 0 aliphatic heterocycles. The number of esters is 1. The van der Waals surface area contributed by atoms with Gasteiger partial charge in [-0.2, -0.15) is 57.1 Å². The molecule has 16 heteroatoms. The fourth-order valence-corrected chi connectivity index (χ4v) is 3.55. The molecule has 0 heterocycles. The van der Waals surface area contributed by atoms with Crippen LogP contribution in [0.2, 0.25) is 0 Å². The van der Waals surface area contributed by atoms with Crippen molar-refractivity contribution in [2.75, 3.05) is 6.61 Å². The van der Waals surface area contributed by atoms with E-state index in [0.717, 1.165) is 0 Å². The van der Waals surface area contributed by atoms with Crippen molar-refractivity contribution in [2.45, 2.75) is 107 Å². The number of phenolic OH excluding ortho intramolecular Hbond substituents is 1. The molecule has 0 aliphatic rings. The molecule has 0 saturated heterocycles. The van der Waals surface area contributed by atoms with Crippen LogP contribution in [0.15, 0.2) is 12.1 Å². The van der Waals surface area contributed by atoms with Gasteiger partial charge in [-0.3, -0.25) is 4.79 Å². The lowest BCUT2D eigenvalue weighted by atomic mass is 9.78. The Morgan fingerprint density at radius 2 is 1.07 bits per heavy atom. The van der Waals surface area contributed by atoms with Crippen LogP contribution in [0, 0.1) is 0 Å². The van der Waals surface area contributed by atoms with E-state index in [4.69, 9.17) is 0 Å². The number of carbonyl (C=O) groups is 1. The second-order valence-electron chi connectivity index (χ2n) is 11.5. The predicted octanol–water partition coefficient (Wildman–Crippen LogP) is 8.59. The van der Waals surface area contributed by atoms with Crippen LogP contribution >= 0.6 is 0 Å². The predicted molar refractivity (Wildman–Crippen MR) is 120 cm³/mol. The Balaban J connectivity index is 3.04. The second kappa shape index (κ2) is 11.0. The van der Waals surface area contributed by atoms with Gasteiger partial charge in [-0.1, -0.05) is 53.7 Å². The second-order valence-corrected chi connectivity index (χ2v) is 11.5. The van der Waals surface area contributed by atoms with Crippen molar-refractivity contribution >= 4 is 5.97 Å². The quantitative estimate of drug-likeness (QED) is 0.210. The number of hydrogen-bond donors (Lipinski definition) is 1. The van der Waals surface area contributed by atoms with Gasteiger partial charge in [-0.25, -0.2) is 0 Å². The number of ether oxygens (including phenoxy) is 1. The van der Waals surface area contributed by atoms with Gasteiger partial charge in [0.05, 0.1) is 13.0 Å². The molecule has 238 valence electrons. The van der Waals surface area contributed by atoms with Gasteiger partial charge < -0.3 is 9.84 Å². The van der Waals surface area contributed by atoms with E-state index >= 15 is 0 Å². The SMILES string of the molecule is CC(C)(C)c1cc(CCC(=O)OCCC(F)(F)C(F)(F)C(F)(F)C(F)(F)C(F)(F)C(F)(F)F)cc(C(C)(C)C)c1O. The summed E-state index contributed by atoms with van der Waals surface area (Å²) in [6.07, 6.45) is -10.8. The molecule has 1 aromatic rings. The summed E-state index contributed by atoms with van der Waals surface area (Å²) >= 11 is 0. The Morgan fingerprint density at radius 3 is 1.44 bits per heavy atom. The molecule has 0 aliphatic carbocycles. The first-order valence-electron chi connectivity index (χ1n) is 11.8. The Morgan fingerprint density at radius 1 is 0.683 bits per heavy atom. The maximum Gasteiger partial charge on any atom is 0.460 e. The fourth-order valence-electron chi connectivity index (χ4n) is 3.55. The van der Waals surface area contributed by atoms with Crippen LogP contribution in [0.4, 0.5) is 57.1 Å². The Labute approximate surface area is 227 Å². The smallest absolute Gasteiger partial charge is 0.460 e. The molecule has 0 unspecified atom stereocenters. The third kappa shape index (κ3) is 6.98. The zero-order chi connectivity index (χ0) is 32.8. The molecule has 0 radical (unpaired) electrons. The highest BCUT2D eigenvalue weighted by atomic mass is 19.4. The van der Waals surface area contributed by atoms with Crippen LogP contribution in [0.1, 0.15) is 71.1 Å². The molecule has 0 bridgehead atoms. The van der Waals surface area contributed by atoms with Gasteiger partial charge in [-0.05, 0) is 33.9 Å². The molecule has 1 aromatic carbocycles. The van der Waals surface area contributed by atoms with Crippen molar-refractivity contribution in [2.24, 2.45) is 0 Å². The lowest BCUT2D eigenvalue weighted by Gasteiger charge is -2.39. The Bertz CT molecular complexity index is 1060. The minimum absolute atomic E-state index is 0.00476. The van der Waals surface area contributed by atoms with Crippen molar-refractivity contribution in [3.63, 3.8) is 0 Å². The number of carbonyl (C=O) groups excluding carboxylic acids is 1. The Hall–Kier alpha value is -2.42. The van der Waals surface area contributed by atoms with Crippen LogP contribution in [-0.4, -0.2) is 53.5 Å². The summed E-state index contributed by atoms with van der Waals surface area (Å²) in [5.41, 5.74) is 0.299. The van der Waals surface area contributed by atoms with Gasteiger partial charge in [-0.15, -0.1) is 0 Å². The third-order valence-corrected chi connectivity index (χ3v) is 6.08. The molecule has 0 atom stereocenters. The highest BCUT2D eigenvalue weighted by Gasteiger charge is 2.90. The van der Waals surface area contributed by atoms with E-state index in [1.54, 1.807) is 53.7 Å². The molecule has 0 fully saturated rings. The zero-order valence-electron chi connectivity index (χ0n) is 22.7. The monoisotopic (exact) mass is 624 g/mol. The first-order chi connectivity index (χ1) is 17.9. The molecule has 1 rings (SSSR count). The number of benzene rings is 1. The lowest BCUT2D eigenvalue weighted by Crippen LogP contribution is -2.70. The van der Waals surface area contributed by atoms with Crippen molar-refractivity contribution in [3.8, 4) is 5.75 Å². The van der Waals surface area contributed by atoms with Crippen molar-refractivity contribution < 1.29 is 71.7 Å². The maximum atomic E-state index is 13.9. The van der Waals surface area contributed by atoms with Crippen LogP contribution in [0.3, 0.4) is 0 Å². The van der Waals surface area contributed by atoms with Crippen LogP contribution < -0.4 is 0 Å². The summed E-state index contributed by atoms with van der Waals surface area (Å²) in [6.45, 7) is 8.91. The first-order valence-corrected chi connectivity index (χ1v) is 11.8. The summed E-state index contributed by atoms with van der Waals surface area (Å²) in [4.78, 5) is 12.0. The van der Waals surface area contributed by atoms with Gasteiger partial charge >= 0.3 is 41.8 Å². The van der Waals surface area contributed by atoms with Crippen LogP contribution in [0.5, 0.6) is 5.75 Å². The van der Waals surface area contributed by atoms with Crippen molar-refractivity contribution in [3.05, 3.63) is 28.8 Å². The maximum absolute atomic E-state index is 13.9. The largest absolute Gasteiger partial charge is 0.507 e.